The fourth-order valence-electron chi connectivity index (χ4n) is 1.58. The number of nitrogens with zero attached hydrogens (tertiary/aromatic N) is 1. The molecule has 1 aromatic heterocycles. The molecule has 0 saturated heterocycles. The van der Waals surface area contributed by atoms with E-state index >= 15 is 0 Å². The van der Waals surface area contributed by atoms with Crippen LogP contribution in [0.3, 0.4) is 0 Å². The summed E-state index contributed by atoms with van der Waals surface area (Å²) in [5.41, 5.74) is 1.24. The van der Waals surface area contributed by atoms with Gasteiger partial charge in [0.05, 0.1) is 13.0 Å². The number of methoxy groups -OCH3 is 1. The fourth-order valence-corrected chi connectivity index (χ4v) is 1.79. The Bertz CT molecular complexity index is 563. The predicted octanol–water partition coefficient (Wildman–Crippen LogP) is 3.55. The van der Waals surface area contributed by atoms with Crippen molar-refractivity contribution in [3.05, 3.63) is 53.5 Å². The van der Waals surface area contributed by atoms with Crippen LogP contribution in [0.4, 0.5) is 4.39 Å². The van der Waals surface area contributed by atoms with Crippen LogP contribution in [-0.4, -0.2) is 12.1 Å². The molecular weight excluding hydrogens is 269 g/mol. The molecule has 1 heterocycles. The number of hydrogen-bond donors (Lipinski definition) is 0. The zero-order chi connectivity index (χ0) is 13.7. The molecule has 100 valence electrons. The van der Waals surface area contributed by atoms with Crippen LogP contribution >= 0.6 is 11.6 Å². The molecule has 0 N–H and O–H groups in total. The van der Waals surface area contributed by atoms with Gasteiger partial charge in [-0.25, -0.2) is 9.37 Å². The van der Waals surface area contributed by atoms with Gasteiger partial charge in [0.1, 0.15) is 12.4 Å². The second kappa shape index (κ2) is 6.38. The largest absolute Gasteiger partial charge is 0.497 e. The molecule has 0 aliphatic rings. The number of aromatic nitrogens is 1. The normalized spacial score (nSPS) is 10.3. The maximum absolute atomic E-state index is 13.8. The average molecular weight is 282 g/mol. The Kier molecular flexibility index (Phi) is 4.58. The molecule has 2 aromatic rings. The summed E-state index contributed by atoms with van der Waals surface area (Å²) in [6, 6.07) is 8.89. The Morgan fingerprint density at radius 2 is 2.16 bits per heavy atom. The average Bonchev–Trinajstić information content (AvgIpc) is 2.46. The van der Waals surface area contributed by atoms with Gasteiger partial charge in [-0.1, -0.05) is 12.1 Å². The van der Waals surface area contributed by atoms with Crippen molar-refractivity contribution in [3.63, 3.8) is 0 Å². The van der Waals surface area contributed by atoms with Gasteiger partial charge in [-0.3, -0.25) is 0 Å². The predicted molar refractivity (Wildman–Crippen MR) is 71.1 cm³/mol. The third-order valence-electron chi connectivity index (χ3n) is 2.59. The summed E-state index contributed by atoms with van der Waals surface area (Å²) in [4.78, 5) is 3.86. The van der Waals surface area contributed by atoms with E-state index in [1.165, 1.54) is 12.3 Å². The smallest absolute Gasteiger partial charge is 0.251 e. The standard InChI is InChI=1S/C14H13ClFNO2/c1-18-12-4-2-3-10(7-12)9-19-14-13(16)11(8-15)5-6-17-14/h2-7H,8-9H2,1H3. The van der Waals surface area contributed by atoms with Gasteiger partial charge in [-0.15, -0.1) is 11.6 Å². The first-order chi connectivity index (χ1) is 9.24. The summed E-state index contributed by atoms with van der Waals surface area (Å²) in [7, 11) is 1.59. The molecule has 19 heavy (non-hydrogen) atoms. The van der Waals surface area contributed by atoms with E-state index in [-0.39, 0.29) is 18.4 Å². The first kappa shape index (κ1) is 13.6. The van der Waals surface area contributed by atoms with Crippen LogP contribution in [0.25, 0.3) is 0 Å². The summed E-state index contributed by atoms with van der Waals surface area (Å²) < 4.78 is 24.3. The third kappa shape index (κ3) is 3.35. The molecule has 0 spiro atoms. The van der Waals surface area contributed by atoms with E-state index in [1.54, 1.807) is 7.11 Å². The highest BCUT2D eigenvalue weighted by Crippen LogP contribution is 2.20. The van der Waals surface area contributed by atoms with Gasteiger partial charge in [-0.05, 0) is 23.8 Å². The van der Waals surface area contributed by atoms with Gasteiger partial charge in [0.25, 0.3) is 5.88 Å². The minimum absolute atomic E-state index is 0.0408. The van der Waals surface area contributed by atoms with Crippen molar-refractivity contribution in [1.82, 2.24) is 4.98 Å². The molecule has 0 bridgehead atoms. The van der Waals surface area contributed by atoms with Crippen LogP contribution in [0.2, 0.25) is 0 Å². The lowest BCUT2D eigenvalue weighted by Crippen LogP contribution is -2.01. The van der Waals surface area contributed by atoms with Crippen molar-refractivity contribution in [2.75, 3.05) is 7.11 Å². The van der Waals surface area contributed by atoms with Crippen LogP contribution < -0.4 is 9.47 Å². The number of hydrogen-bond acceptors (Lipinski definition) is 3. The van der Waals surface area contributed by atoms with Gasteiger partial charge in [-0.2, -0.15) is 0 Å². The molecule has 5 heteroatoms. The minimum atomic E-state index is -0.514. The van der Waals surface area contributed by atoms with Gasteiger partial charge in [0.2, 0.25) is 0 Å². The molecule has 2 rings (SSSR count). The topological polar surface area (TPSA) is 31.4 Å². The van der Waals surface area contributed by atoms with Crippen molar-refractivity contribution < 1.29 is 13.9 Å². The number of alkyl halides is 1. The lowest BCUT2D eigenvalue weighted by Gasteiger charge is -2.08. The molecule has 0 aliphatic heterocycles. The second-order valence-electron chi connectivity index (χ2n) is 3.86. The first-order valence-electron chi connectivity index (χ1n) is 5.69. The van der Waals surface area contributed by atoms with E-state index in [1.807, 2.05) is 24.3 Å². The Morgan fingerprint density at radius 3 is 2.89 bits per heavy atom. The number of halogens is 2. The molecule has 1 aromatic carbocycles. The summed E-state index contributed by atoms with van der Waals surface area (Å²) in [5.74, 6) is 0.259. The molecular formula is C14H13ClFNO2. The highest BCUT2D eigenvalue weighted by atomic mass is 35.5. The maximum atomic E-state index is 13.8. The highest BCUT2D eigenvalue weighted by Gasteiger charge is 2.10. The fraction of sp³-hybridized carbons (Fsp3) is 0.214. The molecule has 0 atom stereocenters. The summed E-state index contributed by atoms with van der Waals surface area (Å²) in [5, 5.41) is 0. The van der Waals surface area contributed by atoms with E-state index in [0.717, 1.165) is 11.3 Å². The zero-order valence-electron chi connectivity index (χ0n) is 10.4. The summed E-state index contributed by atoms with van der Waals surface area (Å²) in [6.07, 6.45) is 1.47. The van der Waals surface area contributed by atoms with E-state index in [2.05, 4.69) is 4.98 Å². The van der Waals surface area contributed by atoms with E-state index in [4.69, 9.17) is 21.1 Å². The number of pyridine rings is 1. The Morgan fingerprint density at radius 1 is 1.32 bits per heavy atom. The van der Waals surface area contributed by atoms with Gasteiger partial charge in [0, 0.05) is 11.8 Å². The van der Waals surface area contributed by atoms with Crippen LogP contribution in [0, 0.1) is 5.82 Å². The lowest BCUT2D eigenvalue weighted by atomic mass is 10.2. The third-order valence-corrected chi connectivity index (χ3v) is 2.88. The number of rotatable bonds is 5. The Labute approximate surface area is 115 Å². The monoisotopic (exact) mass is 281 g/mol. The van der Waals surface area contributed by atoms with Crippen molar-refractivity contribution in [3.8, 4) is 11.6 Å². The van der Waals surface area contributed by atoms with E-state index < -0.39 is 5.82 Å². The molecule has 0 aliphatic carbocycles. The van der Waals surface area contributed by atoms with Crippen molar-refractivity contribution in [2.45, 2.75) is 12.5 Å². The van der Waals surface area contributed by atoms with E-state index in [9.17, 15) is 4.39 Å². The SMILES string of the molecule is COc1cccc(COc2nccc(CCl)c2F)c1. The molecule has 0 amide bonds. The zero-order valence-corrected chi connectivity index (χ0v) is 11.2. The number of benzene rings is 1. The lowest BCUT2D eigenvalue weighted by molar-refractivity contribution is 0.276. The van der Waals surface area contributed by atoms with Crippen LogP contribution in [0.15, 0.2) is 36.5 Å². The number of ether oxygens (including phenoxy) is 2. The maximum Gasteiger partial charge on any atom is 0.251 e. The molecule has 0 saturated carbocycles. The minimum Gasteiger partial charge on any atom is -0.497 e. The van der Waals surface area contributed by atoms with Crippen molar-refractivity contribution in [2.24, 2.45) is 0 Å². The van der Waals surface area contributed by atoms with Crippen molar-refractivity contribution >= 4 is 11.6 Å². The van der Waals surface area contributed by atoms with Gasteiger partial charge >= 0.3 is 0 Å². The quantitative estimate of drug-likeness (QED) is 0.786. The van der Waals surface area contributed by atoms with E-state index in [0.29, 0.717) is 5.56 Å². The van der Waals surface area contributed by atoms with Crippen LogP contribution in [0.5, 0.6) is 11.6 Å². The van der Waals surface area contributed by atoms with Crippen LogP contribution in [0.1, 0.15) is 11.1 Å². The first-order valence-corrected chi connectivity index (χ1v) is 6.23. The Hall–Kier alpha value is -1.81. The van der Waals surface area contributed by atoms with Gasteiger partial charge in [0.15, 0.2) is 5.82 Å². The summed E-state index contributed by atoms with van der Waals surface area (Å²) in [6.45, 7) is 0.215. The molecule has 0 fully saturated rings. The highest BCUT2D eigenvalue weighted by molar-refractivity contribution is 6.17. The molecule has 0 radical (unpaired) electrons. The summed E-state index contributed by atoms with van der Waals surface area (Å²) >= 11 is 5.62. The van der Waals surface area contributed by atoms with Gasteiger partial charge < -0.3 is 9.47 Å². The van der Waals surface area contributed by atoms with Crippen molar-refractivity contribution in [1.29, 1.82) is 0 Å². The molecule has 3 nitrogen and oxygen atoms in total. The Balaban J connectivity index is 2.10. The van der Waals surface area contributed by atoms with Crippen LogP contribution in [-0.2, 0) is 12.5 Å². The second-order valence-corrected chi connectivity index (χ2v) is 4.13. The molecule has 0 unspecified atom stereocenters.